The SMILES string of the molecule is CC(C)(C)NC(=O)C(Cc1ccccc1)N(Cc1cccc(Br)c1)C(=O)CN(c1ccccc1)S(=O)(=O)c1ccc(Cl)cc1. The van der Waals surface area contributed by atoms with Crippen molar-refractivity contribution in [3.05, 3.63) is 130 Å². The molecule has 0 fully saturated rings. The van der Waals surface area contributed by atoms with Gasteiger partial charge in [-0.15, -0.1) is 0 Å². The smallest absolute Gasteiger partial charge is 0.264 e. The molecule has 4 aromatic rings. The highest BCUT2D eigenvalue weighted by atomic mass is 79.9. The van der Waals surface area contributed by atoms with Gasteiger partial charge in [-0.25, -0.2) is 8.42 Å². The second kappa shape index (κ2) is 14.4. The second-order valence-corrected chi connectivity index (χ2v) is 14.6. The van der Waals surface area contributed by atoms with E-state index in [1.807, 2.05) is 75.4 Å². The highest BCUT2D eigenvalue weighted by molar-refractivity contribution is 9.10. The number of anilines is 1. The van der Waals surface area contributed by atoms with Crippen LogP contribution in [0.15, 0.2) is 119 Å². The molecule has 230 valence electrons. The molecule has 0 aliphatic carbocycles. The van der Waals surface area contributed by atoms with Crippen molar-refractivity contribution in [2.75, 3.05) is 10.8 Å². The standard InChI is InChI=1S/C34H35BrClN3O4S/c1-34(2,3)37-33(41)31(22-25-11-6-4-7-12-25)38(23-26-13-10-14-27(35)21-26)32(40)24-39(29-15-8-5-9-16-29)44(42,43)30-19-17-28(36)18-20-30/h4-21,31H,22-24H2,1-3H3,(H,37,41). The summed E-state index contributed by atoms with van der Waals surface area (Å²) in [6.07, 6.45) is 0.234. The van der Waals surface area contributed by atoms with Crippen molar-refractivity contribution < 1.29 is 18.0 Å². The van der Waals surface area contributed by atoms with Gasteiger partial charge in [0.2, 0.25) is 11.8 Å². The van der Waals surface area contributed by atoms with Crippen LogP contribution < -0.4 is 9.62 Å². The van der Waals surface area contributed by atoms with E-state index in [-0.39, 0.29) is 23.8 Å². The fourth-order valence-corrected chi connectivity index (χ4v) is 6.68. The molecule has 0 bridgehead atoms. The molecule has 7 nitrogen and oxygen atoms in total. The summed E-state index contributed by atoms with van der Waals surface area (Å²) in [6, 6.07) is 30.2. The number of nitrogens with zero attached hydrogens (tertiary/aromatic N) is 2. The predicted molar refractivity (Wildman–Crippen MR) is 179 cm³/mol. The zero-order valence-electron chi connectivity index (χ0n) is 24.8. The van der Waals surface area contributed by atoms with E-state index in [1.165, 1.54) is 29.2 Å². The van der Waals surface area contributed by atoms with Gasteiger partial charge in [-0.3, -0.25) is 13.9 Å². The molecule has 0 saturated carbocycles. The molecule has 4 aromatic carbocycles. The van der Waals surface area contributed by atoms with E-state index >= 15 is 0 Å². The number of carbonyl (C=O) groups is 2. The summed E-state index contributed by atoms with van der Waals surface area (Å²) in [7, 11) is -4.19. The van der Waals surface area contributed by atoms with E-state index in [0.717, 1.165) is 19.9 Å². The number of para-hydroxylation sites is 1. The molecule has 1 unspecified atom stereocenters. The van der Waals surface area contributed by atoms with Crippen molar-refractivity contribution in [3.8, 4) is 0 Å². The minimum atomic E-state index is -4.19. The molecule has 0 aliphatic heterocycles. The summed E-state index contributed by atoms with van der Waals surface area (Å²) in [5.41, 5.74) is 1.39. The van der Waals surface area contributed by atoms with Crippen LogP contribution in [-0.2, 0) is 32.6 Å². The van der Waals surface area contributed by atoms with Crippen molar-refractivity contribution in [1.29, 1.82) is 0 Å². The fraction of sp³-hybridized carbons (Fsp3) is 0.235. The first kappa shape index (κ1) is 33.2. The number of benzene rings is 4. The van der Waals surface area contributed by atoms with Crippen LogP contribution in [-0.4, -0.2) is 43.3 Å². The van der Waals surface area contributed by atoms with Gasteiger partial charge in [0.1, 0.15) is 12.6 Å². The van der Waals surface area contributed by atoms with Crippen molar-refractivity contribution in [3.63, 3.8) is 0 Å². The van der Waals surface area contributed by atoms with Gasteiger partial charge in [0, 0.05) is 28.0 Å². The fourth-order valence-electron chi connectivity index (χ4n) is 4.70. The van der Waals surface area contributed by atoms with E-state index in [4.69, 9.17) is 11.6 Å². The van der Waals surface area contributed by atoms with Gasteiger partial charge in [0.15, 0.2) is 0 Å². The van der Waals surface area contributed by atoms with Crippen LogP contribution >= 0.6 is 27.5 Å². The monoisotopic (exact) mass is 695 g/mol. The normalized spacial score (nSPS) is 12.3. The average Bonchev–Trinajstić information content (AvgIpc) is 2.98. The Morgan fingerprint density at radius 3 is 2.02 bits per heavy atom. The van der Waals surface area contributed by atoms with Crippen molar-refractivity contribution in [1.82, 2.24) is 10.2 Å². The van der Waals surface area contributed by atoms with Crippen LogP contribution in [0.3, 0.4) is 0 Å². The lowest BCUT2D eigenvalue weighted by Gasteiger charge is -2.35. The van der Waals surface area contributed by atoms with Gasteiger partial charge < -0.3 is 10.2 Å². The molecule has 1 N–H and O–H groups in total. The van der Waals surface area contributed by atoms with Crippen LogP contribution in [0, 0.1) is 0 Å². The van der Waals surface area contributed by atoms with Gasteiger partial charge in [-0.05, 0) is 80.4 Å². The Labute approximate surface area is 273 Å². The Morgan fingerprint density at radius 1 is 0.841 bits per heavy atom. The first-order chi connectivity index (χ1) is 20.8. The minimum Gasteiger partial charge on any atom is -0.350 e. The maximum atomic E-state index is 14.5. The van der Waals surface area contributed by atoms with Gasteiger partial charge >= 0.3 is 0 Å². The van der Waals surface area contributed by atoms with E-state index in [1.54, 1.807) is 30.3 Å². The Morgan fingerprint density at radius 2 is 1.43 bits per heavy atom. The third-order valence-electron chi connectivity index (χ3n) is 6.74. The summed E-state index contributed by atoms with van der Waals surface area (Å²) in [5.74, 6) is -0.868. The molecule has 0 aromatic heterocycles. The largest absolute Gasteiger partial charge is 0.350 e. The predicted octanol–water partition coefficient (Wildman–Crippen LogP) is 6.85. The molecule has 44 heavy (non-hydrogen) atoms. The molecule has 0 aliphatic rings. The lowest BCUT2D eigenvalue weighted by Crippen LogP contribution is -2.56. The van der Waals surface area contributed by atoms with Crippen LogP contribution in [0.4, 0.5) is 5.69 Å². The Balaban J connectivity index is 1.80. The molecule has 1 atom stereocenters. The number of halogens is 2. The molecule has 0 spiro atoms. The third-order valence-corrected chi connectivity index (χ3v) is 9.27. The van der Waals surface area contributed by atoms with E-state index in [0.29, 0.717) is 10.7 Å². The molecular weight excluding hydrogens is 662 g/mol. The van der Waals surface area contributed by atoms with Crippen molar-refractivity contribution in [2.24, 2.45) is 0 Å². The zero-order valence-corrected chi connectivity index (χ0v) is 27.9. The summed E-state index contributed by atoms with van der Waals surface area (Å²) in [6.45, 7) is 5.18. The highest BCUT2D eigenvalue weighted by Crippen LogP contribution is 2.26. The number of hydrogen-bond acceptors (Lipinski definition) is 4. The van der Waals surface area contributed by atoms with Gasteiger partial charge in [-0.1, -0.05) is 88.2 Å². The Kier molecular flexibility index (Phi) is 10.9. The lowest BCUT2D eigenvalue weighted by molar-refractivity contribution is -0.140. The van der Waals surface area contributed by atoms with E-state index < -0.39 is 34.1 Å². The first-order valence-corrected chi connectivity index (χ1v) is 16.7. The molecule has 0 saturated heterocycles. The number of carbonyl (C=O) groups excluding carboxylic acids is 2. The molecular formula is C34H35BrClN3O4S. The molecule has 2 amide bonds. The Bertz CT molecular complexity index is 1680. The van der Waals surface area contributed by atoms with Crippen LogP contribution in [0.1, 0.15) is 31.9 Å². The van der Waals surface area contributed by atoms with Gasteiger partial charge in [-0.2, -0.15) is 0 Å². The van der Waals surface area contributed by atoms with Gasteiger partial charge in [0.25, 0.3) is 10.0 Å². The van der Waals surface area contributed by atoms with Crippen molar-refractivity contribution >= 4 is 55.1 Å². The van der Waals surface area contributed by atoms with E-state index in [9.17, 15) is 18.0 Å². The van der Waals surface area contributed by atoms with Crippen molar-refractivity contribution in [2.45, 2.75) is 50.2 Å². The number of hydrogen-bond donors (Lipinski definition) is 1. The third kappa shape index (κ3) is 8.94. The summed E-state index contributed by atoms with van der Waals surface area (Å²) >= 11 is 9.54. The molecule has 4 rings (SSSR count). The summed E-state index contributed by atoms with van der Waals surface area (Å²) in [5, 5.41) is 3.42. The highest BCUT2D eigenvalue weighted by Gasteiger charge is 2.35. The number of amides is 2. The van der Waals surface area contributed by atoms with Crippen LogP contribution in [0.5, 0.6) is 0 Å². The van der Waals surface area contributed by atoms with Crippen LogP contribution in [0.25, 0.3) is 0 Å². The number of rotatable bonds is 11. The average molecular weight is 697 g/mol. The summed E-state index contributed by atoms with van der Waals surface area (Å²) < 4.78 is 29.9. The topological polar surface area (TPSA) is 86.8 Å². The number of nitrogens with one attached hydrogen (secondary N) is 1. The quantitative estimate of drug-likeness (QED) is 0.186. The van der Waals surface area contributed by atoms with E-state index in [2.05, 4.69) is 21.2 Å². The summed E-state index contributed by atoms with van der Waals surface area (Å²) in [4.78, 5) is 29.8. The van der Waals surface area contributed by atoms with Gasteiger partial charge in [0.05, 0.1) is 10.6 Å². The maximum Gasteiger partial charge on any atom is 0.264 e. The molecule has 0 radical (unpaired) electrons. The minimum absolute atomic E-state index is 0.0107. The van der Waals surface area contributed by atoms with Crippen LogP contribution in [0.2, 0.25) is 5.02 Å². The zero-order chi connectivity index (χ0) is 31.9. The molecule has 0 heterocycles. The maximum absolute atomic E-state index is 14.5. The second-order valence-electron chi connectivity index (χ2n) is 11.4. The number of sulfonamides is 1. The first-order valence-electron chi connectivity index (χ1n) is 14.1. The Hall–Kier alpha value is -3.66. The lowest BCUT2D eigenvalue weighted by atomic mass is 10.0. The molecule has 10 heteroatoms.